The minimum atomic E-state index is -0.500. The number of rotatable bonds is 4. The van der Waals surface area contributed by atoms with Gasteiger partial charge in [-0.25, -0.2) is 0 Å². The van der Waals surface area contributed by atoms with E-state index in [1.54, 1.807) is 6.07 Å². The van der Waals surface area contributed by atoms with Gasteiger partial charge in [-0.15, -0.1) is 0 Å². The van der Waals surface area contributed by atoms with Gasteiger partial charge in [0, 0.05) is 23.5 Å². The van der Waals surface area contributed by atoms with E-state index in [1.807, 2.05) is 0 Å². The lowest BCUT2D eigenvalue weighted by molar-refractivity contribution is -0.386. The summed E-state index contributed by atoms with van der Waals surface area (Å²) in [5, 5.41) is 13.9. The van der Waals surface area contributed by atoms with E-state index < -0.39 is 11.0 Å². The quantitative estimate of drug-likeness (QED) is 0.507. The standard InChI is InChI=1S/C12H13BrN2O5/c1-19-12(16)9-5-8(6-14-9)20-11-3-2-7(13)4-10(11)15(17)18/h2-4,8-9,14H,5-6H2,1H3/t8-,9+/m1/s1. The molecule has 1 aliphatic rings. The summed E-state index contributed by atoms with van der Waals surface area (Å²) in [4.78, 5) is 21.9. The van der Waals surface area contributed by atoms with E-state index in [2.05, 4.69) is 26.0 Å². The van der Waals surface area contributed by atoms with E-state index in [-0.39, 0.29) is 23.5 Å². The Hall–Kier alpha value is -1.67. The first-order chi connectivity index (χ1) is 9.51. The Morgan fingerprint density at radius 1 is 1.55 bits per heavy atom. The molecule has 0 saturated carbocycles. The fourth-order valence-corrected chi connectivity index (χ4v) is 2.38. The van der Waals surface area contributed by atoms with E-state index in [9.17, 15) is 14.9 Å². The number of nitro benzene ring substituents is 1. The van der Waals surface area contributed by atoms with Gasteiger partial charge in [-0.05, 0) is 12.1 Å². The molecule has 0 bridgehead atoms. The zero-order valence-corrected chi connectivity index (χ0v) is 12.3. The smallest absolute Gasteiger partial charge is 0.323 e. The highest BCUT2D eigenvalue weighted by Gasteiger charge is 2.32. The Morgan fingerprint density at radius 2 is 2.30 bits per heavy atom. The summed E-state index contributed by atoms with van der Waals surface area (Å²) in [5.74, 6) is -0.170. The summed E-state index contributed by atoms with van der Waals surface area (Å²) in [6, 6.07) is 4.16. The van der Waals surface area contributed by atoms with Crippen molar-refractivity contribution in [3.63, 3.8) is 0 Å². The largest absolute Gasteiger partial charge is 0.482 e. The topological polar surface area (TPSA) is 90.7 Å². The average Bonchev–Trinajstić information content (AvgIpc) is 2.88. The van der Waals surface area contributed by atoms with Gasteiger partial charge in [0.05, 0.1) is 12.0 Å². The van der Waals surface area contributed by atoms with E-state index in [1.165, 1.54) is 19.2 Å². The third-order valence-corrected chi connectivity index (χ3v) is 3.48. The minimum Gasteiger partial charge on any atom is -0.482 e. The number of halogens is 1. The highest BCUT2D eigenvalue weighted by atomic mass is 79.9. The third kappa shape index (κ3) is 3.26. The number of esters is 1. The molecule has 0 spiro atoms. The van der Waals surface area contributed by atoms with Crippen LogP contribution < -0.4 is 10.1 Å². The molecule has 7 nitrogen and oxygen atoms in total. The van der Waals surface area contributed by atoms with Crippen LogP contribution in [0.2, 0.25) is 0 Å². The number of nitrogens with zero attached hydrogens (tertiary/aromatic N) is 1. The molecular formula is C12H13BrN2O5. The molecule has 0 amide bonds. The number of nitro groups is 1. The SMILES string of the molecule is COC(=O)[C@@H]1C[C@@H](Oc2ccc(Br)cc2[N+](=O)[O-])CN1. The van der Waals surface area contributed by atoms with Crippen molar-refractivity contribution in [1.29, 1.82) is 0 Å². The van der Waals surface area contributed by atoms with Gasteiger partial charge in [-0.3, -0.25) is 14.9 Å². The summed E-state index contributed by atoms with van der Waals surface area (Å²) in [6.07, 6.45) is 0.110. The maximum Gasteiger partial charge on any atom is 0.323 e. The second kappa shape index (κ2) is 6.19. The van der Waals surface area contributed by atoms with Gasteiger partial charge >= 0.3 is 11.7 Å². The molecule has 1 aliphatic heterocycles. The summed E-state index contributed by atoms with van der Waals surface area (Å²) in [6.45, 7) is 0.437. The molecule has 20 heavy (non-hydrogen) atoms. The Labute approximate surface area is 123 Å². The first-order valence-electron chi connectivity index (χ1n) is 5.93. The molecule has 0 radical (unpaired) electrons. The Morgan fingerprint density at radius 3 is 2.95 bits per heavy atom. The van der Waals surface area contributed by atoms with Crippen LogP contribution in [0.1, 0.15) is 6.42 Å². The highest BCUT2D eigenvalue weighted by molar-refractivity contribution is 9.10. The maximum absolute atomic E-state index is 11.4. The molecular weight excluding hydrogens is 332 g/mol. The van der Waals surface area contributed by atoms with Gasteiger partial charge < -0.3 is 14.8 Å². The lowest BCUT2D eigenvalue weighted by atomic mass is 10.2. The molecule has 0 aromatic heterocycles. The maximum atomic E-state index is 11.4. The summed E-state index contributed by atoms with van der Waals surface area (Å²) in [5.41, 5.74) is -0.110. The second-order valence-corrected chi connectivity index (χ2v) is 5.24. The van der Waals surface area contributed by atoms with Crippen molar-refractivity contribution in [2.24, 2.45) is 0 Å². The Kier molecular flexibility index (Phi) is 4.56. The van der Waals surface area contributed by atoms with Crippen LogP contribution in [0, 0.1) is 10.1 Å². The lowest BCUT2D eigenvalue weighted by Gasteiger charge is -2.13. The molecule has 1 heterocycles. The Bertz CT molecular complexity index is 537. The van der Waals surface area contributed by atoms with Crippen LogP contribution in [0.25, 0.3) is 0 Å². The molecule has 1 saturated heterocycles. The van der Waals surface area contributed by atoms with Crippen molar-refractivity contribution < 1.29 is 19.2 Å². The second-order valence-electron chi connectivity index (χ2n) is 4.33. The molecule has 1 aromatic carbocycles. The van der Waals surface area contributed by atoms with Crippen molar-refractivity contribution in [3.8, 4) is 5.75 Å². The molecule has 1 fully saturated rings. The molecule has 0 unspecified atom stereocenters. The fourth-order valence-electron chi connectivity index (χ4n) is 2.03. The number of hydrogen-bond donors (Lipinski definition) is 1. The van der Waals surface area contributed by atoms with Crippen LogP contribution in [0.5, 0.6) is 5.75 Å². The van der Waals surface area contributed by atoms with E-state index >= 15 is 0 Å². The number of ether oxygens (including phenoxy) is 2. The first-order valence-corrected chi connectivity index (χ1v) is 6.72. The van der Waals surface area contributed by atoms with Crippen LogP contribution in [-0.2, 0) is 9.53 Å². The molecule has 8 heteroatoms. The lowest BCUT2D eigenvalue weighted by Crippen LogP contribution is -2.31. The van der Waals surface area contributed by atoms with Crippen LogP contribution in [-0.4, -0.2) is 36.7 Å². The van der Waals surface area contributed by atoms with E-state index in [0.717, 1.165) is 0 Å². The van der Waals surface area contributed by atoms with E-state index in [4.69, 9.17) is 4.74 Å². The van der Waals surface area contributed by atoms with Crippen molar-refractivity contribution in [2.75, 3.05) is 13.7 Å². The molecule has 2 rings (SSSR count). The van der Waals surface area contributed by atoms with Crippen LogP contribution in [0.3, 0.4) is 0 Å². The van der Waals surface area contributed by atoms with Crippen LogP contribution >= 0.6 is 15.9 Å². The Balaban J connectivity index is 2.08. The monoisotopic (exact) mass is 344 g/mol. The molecule has 0 aliphatic carbocycles. The molecule has 2 atom stereocenters. The number of methoxy groups -OCH3 is 1. The number of carbonyl (C=O) groups excluding carboxylic acids is 1. The van der Waals surface area contributed by atoms with Gasteiger partial charge in [0.2, 0.25) is 0 Å². The van der Waals surface area contributed by atoms with Crippen molar-refractivity contribution in [1.82, 2.24) is 5.32 Å². The first kappa shape index (κ1) is 14.7. The molecule has 1 N–H and O–H groups in total. The number of benzene rings is 1. The van der Waals surface area contributed by atoms with Gasteiger partial charge in [0.1, 0.15) is 12.1 Å². The normalized spacial score (nSPS) is 21.5. The average molecular weight is 345 g/mol. The summed E-state index contributed by atoms with van der Waals surface area (Å²) < 4.78 is 10.9. The number of hydrogen-bond acceptors (Lipinski definition) is 6. The van der Waals surface area contributed by atoms with E-state index in [0.29, 0.717) is 17.4 Å². The highest BCUT2D eigenvalue weighted by Crippen LogP contribution is 2.31. The minimum absolute atomic E-state index is 0.110. The zero-order chi connectivity index (χ0) is 14.7. The van der Waals surface area contributed by atoms with Gasteiger partial charge in [-0.2, -0.15) is 0 Å². The molecule has 1 aromatic rings. The third-order valence-electron chi connectivity index (χ3n) is 2.99. The van der Waals surface area contributed by atoms with Crippen molar-refractivity contribution in [2.45, 2.75) is 18.6 Å². The van der Waals surface area contributed by atoms with Gasteiger partial charge in [0.25, 0.3) is 0 Å². The zero-order valence-electron chi connectivity index (χ0n) is 10.7. The predicted octanol–water partition coefficient (Wildman–Crippen LogP) is 1.64. The van der Waals surface area contributed by atoms with Gasteiger partial charge in [-0.1, -0.05) is 15.9 Å². The summed E-state index contributed by atoms with van der Waals surface area (Å²) in [7, 11) is 1.32. The number of nitrogens with one attached hydrogen (secondary N) is 1. The van der Waals surface area contributed by atoms with Crippen molar-refractivity contribution >= 4 is 27.6 Å². The predicted molar refractivity (Wildman–Crippen MR) is 73.6 cm³/mol. The summed E-state index contributed by atoms with van der Waals surface area (Å²) >= 11 is 3.18. The molecule has 108 valence electrons. The van der Waals surface area contributed by atoms with Crippen LogP contribution in [0.4, 0.5) is 5.69 Å². The van der Waals surface area contributed by atoms with Crippen LogP contribution in [0.15, 0.2) is 22.7 Å². The van der Waals surface area contributed by atoms with Gasteiger partial charge in [0.15, 0.2) is 5.75 Å². The van der Waals surface area contributed by atoms with Crippen molar-refractivity contribution in [3.05, 3.63) is 32.8 Å². The number of carbonyl (C=O) groups is 1. The fraction of sp³-hybridized carbons (Fsp3) is 0.417.